The van der Waals surface area contributed by atoms with Crippen molar-refractivity contribution < 1.29 is 46.9 Å². The van der Waals surface area contributed by atoms with Gasteiger partial charge >= 0.3 is 24.3 Å². The molecule has 0 radical (unpaired) electrons. The predicted molar refractivity (Wildman–Crippen MR) is 190 cm³/mol. The molecule has 0 aliphatic carbocycles. The van der Waals surface area contributed by atoms with Crippen molar-refractivity contribution >= 4 is 46.2 Å². The number of aromatic nitrogens is 2. The number of likely N-dealkylation sites (tertiary alicyclic amines) is 1. The summed E-state index contributed by atoms with van der Waals surface area (Å²) in [7, 11) is 0. The van der Waals surface area contributed by atoms with Gasteiger partial charge in [0.05, 0.1) is 11.8 Å². The Labute approximate surface area is 303 Å². The van der Waals surface area contributed by atoms with E-state index in [1.54, 1.807) is 11.0 Å². The molecule has 3 aromatic rings. The fraction of sp³-hybridized carbons (Fsp3) is 0.471. The molecule has 0 saturated carbocycles. The second-order valence-corrected chi connectivity index (χ2v) is 13.5. The van der Waals surface area contributed by atoms with Gasteiger partial charge in [-0.25, -0.2) is 19.4 Å². The van der Waals surface area contributed by atoms with Crippen LogP contribution in [0.2, 0.25) is 0 Å². The van der Waals surface area contributed by atoms with Gasteiger partial charge in [-0.05, 0) is 70.5 Å². The van der Waals surface area contributed by atoms with Crippen molar-refractivity contribution in [2.75, 3.05) is 50.0 Å². The number of nitrogens with zero attached hydrogens (tertiary/aromatic N) is 4. The molecule has 52 heavy (non-hydrogen) atoms. The third-order valence-corrected chi connectivity index (χ3v) is 8.45. The highest BCUT2D eigenvalue weighted by atomic mass is 32.1. The number of carbonyl (C=O) groups excluding carboxylic acids is 3. The highest BCUT2D eigenvalue weighted by Crippen LogP contribution is 2.37. The van der Waals surface area contributed by atoms with Crippen LogP contribution < -0.4 is 20.7 Å². The number of aliphatic carboxylic acids is 1. The summed E-state index contributed by atoms with van der Waals surface area (Å²) in [5, 5.41) is 16.0. The Bertz CT molecular complexity index is 1650. The number of carboxylic acid groups (broad SMARTS) is 1. The van der Waals surface area contributed by atoms with Gasteiger partial charge in [0.25, 0.3) is 5.91 Å². The molecule has 4 rings (SSSR count). The van der Waals surface area contributed by atoms with E-state index in [4.69, 9.17) is 19.4 Å². The van der Waals surface area contributed by atoms with Crippen LogP contribution in [-0.2, 0) is 9.53 Å². The van der Waals surface area contributed by atoms with Crippen LogP contribution in [0.25, 0.3) is 10.4 Å². The number of thiophene rings is 1. The van der Waals surface area contributed by atoms with Crippen LogP contribution >= 0.6 is 11.3 Å². The zero-order chi connectivity index (χ0) is 38.5. The molecule has 1 aliphatic rings. The fourth-order valence-electron chi connectivity index (χ4n) is 4.83. The summed E-state index contributed by atoms with van der Waals surface area (Å²) in [6, 6.07) is 8.61. The SMILES string of the molecule is CCN(CC)CCOc1cccc(-c2cc(C(=O)NC3CCCN(C(=O)OC(C)(C)C)C3)c(NC(=O)Nc3cnccn3)s2)c1.O=C(O)C(F)(F)F. The number of amides is 4. The predicted octanol–water partition coefficient (Wildman–Crippen LogP) is 6.33. The normalized spacial score (nSPS) is 14.5. The molecule has 18 heteroatoms. The van der Waals surface area contributed by atoms with E-state index in [0.29, 0.717) is 36.7 Å². The van der Waals surface area contributed by atoms with Gasteiger partial charge in [0.1, 0.15) is 23.0 Å². The van der Waals surface area contributed by atoms with E-state index in [9.17, 15) is 27.6 Å². The number of rotatable bonds is 11. The van der Waals surface area contributed by atoms with Crippen molar-refractivity contribution in [2.24, 2.45) is 0 Å². The van der Waals surface area contributed by atoms with Crippen molar-refractivity contribution in [2.45, 2.75) is 65.3 Å². The van der Waals surface area contributed by atoms with E-state index in [2.05, 4.69) is 44.7 Å². The summed E-state index contributed by atoms with van der Waals surface area (Å²) in [5.74, 6) is -2.11. The number of anilines is 2. The molecule has 14 nitrogen and oxygen atoms in total. The molecule has 1 fully saturated rings. The number of ether oxygens (including phenoxy) is 2. The van der Waals surface area contributed by atoms with Crippen LogP contribution in [0.5, 0.6) is 5.75 Å². The van der Waals surface area contributed by atoms with Gasteiger partial charge in [0, 0.05) is 42.9 Å². The molecule has 1 saturated heterocycles. The Kier molecular flexibility index (Phi) is 15.2. The molecular weight excluding hydrogens is 707 g/mol. The number of urea groups is 1. The molecule has 284 valence electrons. The Balaban J connectivity index is 0.000000944. The molecule has 4 N–H and O–H groups in total. The maximum Gasteiger partial charge on any atom is 0.490 e. The van der Waals surface area contributed by atoms with E-state index in [1.807, 2.05) is 45.0 Å². The molecule has 1 atom stereocenters. The Morgan fingerprint density at radius 1 is 1.08 bits per heavy atom. The third-order valence-electron chi connectivity index (χ3n) is 7.35. The fourth-order valence-corrected chi connectivity index (χ4v) is 5.88. The lowest BCUT2D eigenvalue weighted by atomic mass is 10.1. The van der Waals surface area contributed by atoms with Crippen molar-refractivity contribution in [1.29, 1.82) is 0 Å². The summed E-state index contributed by atoms with van der Waals surface area (Å²) < 4.78 is 43.3. The molecule has 2 aromatic heterocycles. The standard InChI is InChI=1S/C32H43N7O5S.C2HF3O2/c1-6-38(7-2)16-17-43-24-12-8-10-22(18-24)26-19-25(29(45-26)37-30(41)36-27-20-33-13-14-34-27)28(40)35-23-11-9-15-39(21-23)31(42)44-32(3,4)5;3-2(4,5)1(6)7/h8,10,12-14,18-20,23H,6-7,9,11,15-17,21H2,1-5H3,(H,35,40)(H2,34,36,37,41);(H,6,7). The van der Waals surface area contributed by atoms with Crippen molar-refractivity contribution in [1.82, 2.24) is 25.1 Å². The summed E-state index contributed by atoms with van der Waals surface area (Å²) in [4.78, 5) is 60.9. The lowest BCUT2D eigenvalue weighted by Gasteiger charge is -2.34. The molecule has 1 unspecified atom stereocenters. The van der Waals surface area contributed by atoms with Crippen LogP contribution in [0.15, 0.2) is 48.9 Å². The largest absolute Gasteiger partial charge is 0.492 e. The van der Waals surface area contributed by atoms with Crippen LogP contribution in [0.4, 0.5) is 33.6 Å². The van der Waals surface area contributed by atoms with Gasteiger partial charge in [-0.1, -0.05) is 26.0 Å². The zero-order valence-corrected chi connectivity index (χ0v) is 30.4. The minimum atomic E-state index is -5.08. The lowest BCUT2D eigenvalue weighted by Crippen LogP contribution is -2.50. The Hall–Kier alpha value is -4.97. The molecular formula is C34H44F3N7O7S. The number of piperidine rings is 1. The van der Waals surface area contributed by atoms with Crippen LogP contribution in [0.3, 0.4) is 0 Å². The number of carboxylic acids is 1. The lowest BCUT2D eigenvalue weighted by molar-refractivity contribution is -0.192. The minimum absolute atomic E-state index is 0.272. The first-order valence-electron chi connectivity index (χ1n) is 16.5. The van der Waals surface area contributed by atoms with Crippen molar-refractivity contribution in [3.63, 3.8) is 0 Å². The van der Waals surface area contributed by atoms with E-state index in [1.165, 1.54) is 29.9 Å². The number of hydrogen-bond acceptors (Lipinski definition) is 10. The number of alkyl halides is 3. The second kappa shape index (κ2) is 19.0. The van der Waals surface area contributed by atoms with Crippen LogP contribution in [-0.4, -0.2) is 106 Å². The number of carbonyl (C=O) groups is 4. The molecule has 1 aromatic carbocycles. The molecule has 3 heterocycles. The van der Waals surface area contributed by atoms with Gasteiger partial charge in [-0.15, -0.1) is 11.3 Å². The second-order valence-electron chi connectivity index (χ2n) is 12.5. The first-order valence-corrected chi connectivity index (χ1v) is 17.3. The highest BCUT2D eigenvalue weighted by molar-refractivity contribution is 7.20. The van der Waals surface area contributed by atoms with Gasteiger partial charge in [-0.3, -0.25) is 20.4 Å². The Morgan fingerprint density at radius 2 is 1.79 bits per heavy atom. The monoisotopic (exact) mass is 751 g/mol. The number of nitrogens with one attached hydrogen (secondary N) is 3. The smallest absolute Gasteiger partial charge is 0.490 e. The minimum Gasteiger partial charge on any atom is -0.492 e. The van der Waals surface area contributed by atoms with Crippen LogP contribution in [0.1, 0.15) is 57.8 Å². The van der Waals surface area contributed by atoms with Gasteiger partial charge in [-0.2, -0.15) is 13.2 Å². The maximum atomic E-state index is 13.7. The van der Waals surface area contributed by atoms with Crippen LogP contribution in [0, 0.1) is 0 Å². The average molecular weight is 752 g/mol. The first kappa shape index (κ1) is 41.5. The quantitative estimate of drug-likeness (QED) is 0.173. The number of likely N-dealkylation sites (N-methyl/N-ethyl adjacent to an activating group) is 1. The highest BCUT2D eigenvalue weighted by Gasteiger charge is 2.38. The van der Waals surface area contributed by atoms with Crippen molar-refractivity contribution in [3.8, 4) is 16.2 Å². The zero-order valence-electron chi connectivity index (χ0n) is 29.6. The first-order chi connectivity index (χ1) is 24.5. The summed E-state index contributed by atoms with van der Waals surface area (Å²) >= 11 is 1.28. The topological polar surface area (TPSA) is 175 Å². The maximum absolute atomic E-state index is 13.7. The van der Waals surface area contributed by atoms with Crippen molar-refractivity contribution in [3.05, 3.63) is 54.5 Å². The van der Waals surface area contributed by atoms with E-state index in [0.717, 1.165) is 42.2 Å². The van der Waals surface area contributed by atoms with E-state index in [-0.39, 0.29) is 17.8 Å². The Morgan fingerprint density at radius 3 is 2.40 bits per heavy atom. The summed E-state index contributed by atoms with van der Waals surface area (Å²) in [6.45, 7) is 13.9. The number of hydrogen-bond donors (Lipinski definition) is 4. The average Bonchev–Trinajstić information content (AvgIpc) is 3.50. The molecule has 0 bridgehead atoms. The number of benzene rings is 1. The van der Waals surface area contributed by atoms with Gasteiger partial charge in [0.15, 0.2) is 5.82 Å². The third kappa shape index (κ3) is 13.6. The van der Waals surface area contributed by atoms with E-state index >= 15 is 0 Å². The molecule has 4 amide bonds. The summed E-state index contributed by atoms with van der Waals surface area (Å²) in [5.41, 5.74) is 0.553. The summed E-state index contributed by atoms with van der Waals surface area (Å²) in [6.07, 6.45) is 0.365. The van der Waals surface area contributed by atoms with E-state index < -0.39 is 29.9 Å². The molecule has 1 aliphatic heterocycles. The van der Waals surface area contributed by atoms with Gasteiger partial charge in [0.2, 0.25) is 0 Å². The number of halogens is 3. The molecule has 0 spiro atoms. The van der Waals surface area contributed by atoms with Gasteiger partial charge < -0.3 is 29.7 Å².